The van der Waals surface area contributed by atoms with Gasteiger partial charge in [0.2, 0.25) is 0 Å². The maximum Gasteiger partial charge on any atom is 0.125 e. The van der Waals surface area contributed by atoms with E-state index in [1.54, 1.807) is 18.2 Å². The first-order chi connectivity index (χ1) is 9.44. The molecule has 0 aliphatic heterocycles. The highest BCUT2D eigenvalue weighted by molar-refractivity contribution is 9.10. The molecule has 0 saturated heterocycles. The number of aliphatic hydroxyl groups excluding tert-OH is 1. The molecule has 0 saturated carbocycles. The van der Waals surface area contributed by atoms with Crippen molar-refractivity contribution in [3.8, 4) is 0 Å². The molecule has 0 radical (unpaired) electrons. The maximum atomic E-state index is 13.2. The molecule has 0 heterocycles. The normalized spacial score (nSPS) is 13.8. The van der Waals surface area contributed by atoms with Gasteiger partial charge in [-0.15, -0.1) is 0 Å². The van der Waals surface area contributed by atoms with Crippen LogP contribution in [0.3, 0.4) is 0 Å². The fraction of sp³-hybridized carbons (Fsp3) is 0.200. The van der Waals surface area contributed by atoms with Crippen molar-refractivity contribution >= 4 is 33.2 Å². The number of benzene rings is 2. The summed E-state index contributed by atoms with van der Waals surface area (Å²) in [5, 5.41) is 13.4. The molecule has 0 spiro atoms. The summed E-state index contributed by atoms with van der Waals surface area (Å²) in [5.41, 5.74) is 0.528. The van der Waals surface area contributed by atoms with Gasteiger partial charge in [-0.2, -0.15) is 0 Å². The van der Waals surface area contributed by atoms with E-state index in [-0.39, 0.29) is 12.4 Å². The molecule has 0 aliphatic rings. The van der Waals surface area contributed by atoms with Crippen LogP contribution in [0.15, 0.2) is 46.9 Å². The monoisotopic (exact) mass is 357 g/mol. The van der Waals surface area contributed by atoms with Gasteiger partial charge >= 0.3 is 0 Å². The molecule has 0 amide bonds. The predicted molar refractivity (Wildman–Crippen MR) is 83.6 cm³/mol. The van der Waals surface area contributed by atoms with Crippen molar-refractivity contribution in [2.75, 3.05) is 11.9 Å². The topological polar surface area (TPSA) is 32.3 Å². The Kier molecular flexibility index (Phi) is 4.68. The highest BCUT2D eigenvalue weighted by Crippen LogP contribution is 2.33. The molecule has 2 aromatic carbocycles. The Hall–Kier alpha value is -1.10. The third-order valence-corrected chi connectivity index (χ3v) is 3.89. The highest BCUT2D eigenvalue weighted by atomic mass is 79.9. The van der Waals surface area contributed by atoms with Crippen LogP contribution in [-0.4, -0.2) is 11.7 Å². The number of hydrogen-bond donors (Lipinski definition) is 2. The molecule has 0 fully saturated rings. The molecule has 2 N–H and O–H groups in total. The lowest BCUT2D eigenvalue weighted by Gasteiger charge is -2.31. The molecule has 2 nitrogen and oxygen atoms in total. The Morgan fingerprint density at radius 1 is 1.30 bits per heavy atom. The molecule has 20 heavy (non-hydrogen) atoms. The Morgan fingerprint density at radius 2 is 2.05 bits per heavy atom. The minimum absolute atomic E-state index is 0.176. The summed E-state index contributed by atoms with van der Waals surface area (Å²) in [4.78, 5) is 0. The molecule has 2 aromatic rings. The summed E-state index contributed by atoms with van der Waals surface area (Å²) < 4.78 is 14.1. The van der Waals surface area contributed by atoms with Crippen molar-refractivity contribution in [1.29, 1.82) is 0 Å². The van der Waals surface area contributed by atoms with E-state index in [0.29, 0.717) is 10.7 Å². The van der Waals surface area contributed by atoms with E-state index in [0.717, 1.165) is 10.0 Å². The number of halogens is 3. The van der Waals surface area contributed by atoms with E-state index < -0.39 is 5.54 Å². The number of hydrogen-bond acceptors (Lipinski definition) is 2. The van der Waals surface area contributed by atoms with E-state index in [1.165, 1.54) is 12.1 Å². The van der Waals surface area contributed by atoms with E-state index >= 15 is 0 Å². The van der Waals surface area contributed by atoms with Crippen molar-refractivity contribution in [3.05, 3.63) is 63.3 Å². The zero-order valence-electron chi connectivity index (χ0n) is 10.8. The summed E-state index contributed by atoms with van der Waals surface area (Å²) in [6, 6.07) is 11.5. The lowest BCUT2D eigenvalue weighted by molar-refractivity contribution is 0.224. The van der Waals surface area contributed by atoms with Gasteiger partial charge in [-0.05, 0) is 42.8 Å². The molecule has 0 aliphatic carbocycles. The Labute approximate surface area is 130 Å². The van der Waals surface area contributed by atoms with E-state index in [1.807, 2.05) is 19.1 Å². The van der Waals surface area contributed by atoms with Crippen LogP contribution >= 0.6 is 27.5 Å². The van der Waals surface area contributed by atoms with Crippen molar-refractivity contribution in [2.45, 2.75) is 12.5 Å². The maximum absolute atomic E-state index is 13.2. The van der Waals surface area contributed by atoms with Gasteiger partial charge in [-0.1, -0.05) is 39.7 Å². The molecular weight excluding hydrogens is 345 g/mol. The van der Waals surface area contributed by atoms with Gasteiger partial charge in [-0.25, -0.2) is 4.39 Å². The molecule has 2 rings (SSSR count). The smallest absolute Gasteiger partial charge is 0.125 e. The lowest BCUT2D eigenvalue weighted by Crippen LogP contribution is -2.36. The SMILES string of the molecule is CC(CO)(Nc1cccc(F)c1)c1ccc(Br)cc1Cl. The Balaban J connectivity index is 2.38. The molecule has 1 atom stereocenters. The molecular formula is C15H14BrClFNO. The van der Waals surface area contributed by atoms with Gasteiger partial charge in [-0.3, -0.25) is 0 Å². The summed E-state index contributed by atoms with van der Waals surface area (Å²) in [5.74, 6) is -0.336. The van der Waals surface area contributed by atoms with Crippen LogP contribution in [0.2, 0.25) is 5.02 Å². The summed E-state index contributed by atoms with van der Waals surface area (Å²) in [7, 11) is 0. The molecule has 5 heteroatoms. The standard InChI is InChI=1S/C15H14BrClFNO/c1-15(9-20,13-6-5-10(16)7-14(13)17)19-12-4-2-3-11(18)8-12/h2-8,19-20H,9H2,1H3. The van der Waals surface area contributed by atoms with E-state index in [9.17, 15) is 9.50 Å². The summed E-state index contributed by atoms with van der Waals surface area (Å²) in [6.07, 6.45) is 0. The van der Waals surface area contributed by atoms with E-state index in [2.05, 4.69) is 21.2 Å². The quantitative estimate of drug-likeness (QED) is 0.839. The number of nitrogens with one attached hydrogen (secondary N) is 1. The first-order valence-electron chi connectivity index (χ1n) is 6.05. The van der Waals surface area contributed by atoms with Crippen LogP contribution in [0, 0.1) is 5.82 Å². The number of anilines is 1. The molecule has 106 valence electrons. The van der Waals surface area contributed by atoms with Crippen molar-refractivity contribution < 1.29 is 9.50 Å². The second kappa shape index (κ2) is 6.12. The fourth-order valence-corrected chi connectivity index (χ4v) is 2.90. The summed E-state index contributed by atoms with van der Waals surface area (Å²) in [6.45, 7) is 1.64. The predicted octanol–water partition coefficient (Wildman–Crippen LogP) is 4.56. The zero-order chi connectivity index (χ0) is 14.8. The van der Waals surface area contributed by atoms with Crippen LogP contribution in [0.25, 0.3) is 0 Å². The molecule has 0 bridgehead atoms. The van der Waals surface area contributed by atoms with Crippen LogP contribution in [0.5, 0.6) is 0 Å². The van der Waals surface area contributed by atoms with Gasteiger partial charge in [0.05, 0.1) is 12.1 Å². The average Bonchev–Trinajstić information content (AvgIpc) is 2.38. The van der Waals surface area contributed by atoms with Crippen LogP contribution in [0.4, 0.5) is 10.1 Å². The van der Waals surface area contributed by atoms with Crippen molar-refractivity contribution in [3.63, 3.8) is 0 Å². The highest BCUT2D eigenvalue weighted by Gasteiger charge is 2.28. The van der Waals surface area contributed by atoms with Gasteiger partial charge in [0, 0.05) is 15.2 Å². The first kappa shape index (κ1) is 15.3. The lowest BCUT2D eigenvalue weighted by atomic mass is 9.92. The Morgan fingerprint density at radius 3 is 2.65 bits per heavy atom. The van der Waals surface area contributed by atoms with E-state index in [4.69, 9.17) is 11.6 Å². The number of aliphatic hydroxyl groups is 1. The fourth-order valence-electron chi connectivity index (χ4n) is 2.01. The minimum atomic E-state index is -0.800. The molecule has 1 unspecified atom stereocenters. The summed E-state index contributed by atoms with van der Waals surface area (Å²) >= 11 is 9.58. The van der Waals surface area contributed by atoms with Gasteiger partial charge < -0.3 is 10.4 Å². The third-order valence-electron chi connectivity index (χ3n) is 3.09. The van der Waals surface area contributed by atoms with Gasteiger partial charge in [0.1, 0.15) is 5.82 Å². The van der Waals surface area contributed by atoms with Crippen molar-refractivity contribution in [1.82, 2.24) is 0 Å². The largest absolute Gasteiger partial charge is 0.394 e. The molecule has 0 aromatic heterocycles. The van der Waals surface area contributed by atoms with Crippen LogP contribution in [0.1, 0.15) is 12.5 Å². The third kappa shape index (κ3) is 3.32. The minimum Gasteiger partial charge on any atom is -0.394 e. The van der Waals surface area contributed by atoms with Crippen molar-refractivity contribution in [2.24, 2.45) is 0 Å². The van der Waals surface area contributed by atoms with Gasteiger partial charge in [0.25, 0.3) is 0 Å². The van der Waals surface area contributed by atoms with Gasteiger partial charge in [0.15, 0.2) is 0 Å². The first-order valence-corrected chi connectivity index (χ1v) is 7.22. The second-order valence-electron chi connectivity index (χ2n) is 4.75. The van der Waals surface area contributed by atoms with Crippen LogP contribution < -0.4 is 5.32 Å². The Bertz CT molecular complexity index is 623. The average molecular weight is 359 g/mol. The zero-order valence-corrected chi connectivity index (χ0v) is 13.2. The van der Waals surface area contributed by atoms with Crippen LogP contribution in [-0.2, 0) is 5.54 Å². The number of rotatable bonds is 4. The second-order valence-corrected chi connectivity index (χ2v) is 6.07.